The maximum absolute atomic E-state index is 3.65. The van der Waals surface area contributed by atoms with E-state index in [1.54, 1.807) is 33.6 Å². The van der Waals surface area contributed by atoms with E-state index in [1.165, 1.54) is 6.42 Å². The second-order valence-electron chi connectivity index (χ2n) is 9.07. The summed E-state index contributed by atoms with van der Waals surface area (Å²) in [5.74, 6) is 0. The molecule has 0 aliphatic heterocycles. The molecular weight excluding hydrogens is 494 g/mol. The van der Waals surface area contributed by atoms with Crippen molar-refractivity contribution < 1.29 is 24.7 Å². The Morgan fingerprint density at radius 2 is 1.00 bits per heavy atom. The molecule has 0 amide bonds. The molecule has 0 bridgehead atoms. The number of hydrogen-bond donors (Lipinski definition) is 0. The quantitative estimate of drug-likeness (QED) is 0.235. The molecule has 1 aliphatic rings. The normalized spacial score (nSPS) is 12.4. The first-order chi connectivity index (χ1) is 16.1. The van der Waals surface area contributed by atoms with Crippen molar-refractivity contribution in [1.82, 2.24) is 14.7 Å². The first-order valence-electron chi connectivity index (χ1n) is 13.2. The van der Waals surface area contributed by atoms with Gasteiger partial charge in [0.25, 0.3) is 0 Å². The van der Waals surface area contributed by atoms with Crippen molar-refractivity contribution in [2.75, 3.05) is 58.9 Å². The zero-order chi connectivity index (χ0) is 27.0. The summed E-state index contributed by atoms with van der Waals surface area (Å²) in [5, 5.41) is 0. The van der Waals surface area contributed by atoms with Crippen molar-refractivity contribution >= 4 is 0 Å². The maximum atomic E-state index is 3.65. The molecule has 34 heavy (non-hydrogen) atoms. The summed E-state index contributed by atoms with van der Waals surface area (Å²) in [5.41, 5.74) is 1.93. The third kappa shape index (κ3) is 22.0. The molecule has 4 heteroatoms. The van der Waals surface area contributed by atoms with E-state index in [0.29, 0.717) is 5.41 Å². The van der Waals surface area contributed by atoms with Crippen LogP contribution in [0, 0.1) is 5.41 Å². The fraction of sp³-hybridized carbons (Fsp3) is 0.667. The molecule has 0 saturated heterocycles. The molecule has 0 fully saturated rings. The van der Waals surface area contributed by atoms with Crippen LogP contribution in [0.15, 0.2) is 59.0 Å². The van der Waals surface area contributed by atoms with Crippen LogP contribution in [0.4, 0.5) is 0 Å². The zero-order valence-electron chi connectivity index (χ0n) is 24.4. The monoisotopic (exact) mass is 550 g/mol. The fourth-order valence-corrected chi connectivity index (χ4v) is 4.62. The fourth-order valence-electron chi connectivity index (χ4n) is 3.20. The van der Waals surface area contributed by atoms with E-state index in [2.05, 4.69) is 109 Å². The van der Waals surface area contributed by atoms with Gasteiger partial charge >= 0.3 is 78.3 Å². The van der Waals surface area contributed by atoms with Crippen LogP contribution in [0.3, 0.4) is 0 Å². The van der Waals surface area contributed by atoms with Crippen LogP contribution < -0.4 is 0 Å². The Morgan fingerprint density at radius 3 is 1.09 bits per heavy atom. The van der Waals surface area contributed by atoms with E-state index in [1.807, 2.05) is 18.2 Å². The second-order valence-corrected chi connectivity index (χ2v) is 10.6. The third-order valence-electron chi connectivity index (χ3n) is 5.58. The van der Waals surface area contributed by atoms with E-state index < -0.39 is 0 Å². The summed E-state index contributed by atoms with van der Waals surface area (Å²) in [6.45, 7) is 40.6. The Labute approximate surface area is 230 Å². The van der Waals surface area contributed by atoms with Gasteiger partial charge in [-0.25, -0.2) is 0 Å². The summed E-state index contributed by atoms with van der Waals surface area (Å²) in [6.07, 6.45) is 11.6. The minimum absolute atomic E-state index is 0.367. The van der Waals surface area contributed by atoms with Crippen molar-refractivity contribution in [2.45, 2.75) is 68.7 Å². The molecule has 0 unspecified atom stereocenters. The molecule has 0 radical (unpaired) electrons. The Balaban J connectivity index is -0.000000380. The van der Waals surface area contributed by atoms with Crippen LogP contribution >= 0.6 is 0 Å². The van der Waals surface area contributed by atoms with Gasteiger partial charge in [0.1, 0.15) is 0 Å². The summed E-state index contributed by atoms with van der Waals surface area (Å²) in [4.78, 5) is 6.94. The summed E-state index contributed by atoms with van der Waals surface area (Å²) >= 11 is 1.58. The topological polar surface area (TPSA) is 9.72 Å². The van der Waals surface area contributed by atoms with E-state index in [-0.39, 0.29) is 0 Å². The van der Waals surface area contributed by atoms with Crippen molar-refractivity contribution in [3.05, 3.63) is 59.0 Å². The van der Waals surface area contributed by atoms with Gasteiger partial charge in [-0.1, -0.05) is 59.8 Å². The van der Waals surface area contributed by atoms with Gasteiger partial charge in [-0.2, -0.15) is 0 Å². The molecule has 0 saturated carbocycles. The summed E-state index contributed by atoms with van der Waals surface area (Å²) < 4.78 is 1.62. The van der Waals surface area contributed by atoms with Crippen LogP contribution in [-0.4, -0.2) is 73.6 Å². The van der Waals surface area contributed by atoms with E-state index in [9.17, 15) is 0 Å². The van der Waals surface area contributed by atoms with Crippen LogP contribution in [0.1, 0.15) is 68.7 Å². The van der Waals surface area contributed by atoms with Crippen molar-refractivity contribution in [3.63, 3.8) is 0 Å². The molecule has 3 nitrogen and oxygen atoms in total. The van der Waals surface area contributed by atoms with Crippen LogP contribution in [0.25, 0.3) is 0 Å². The Hall–Kier alpha value is -0.537. The summed E-state index contributed by atoms with van der Waals surface area (Å²) in [6, 6.07) is 0. The third-order valence-corrected chi connectivity index (χ3v) is 6.75. The molecule has 0 aromatic carbocycles. The van der Waals surface area contributed by atoms with Crippen molar-refractivity contribution in [2.24, 2.45) is 5.41 Å². The minimum atomic E-state index is 0.367. The molecular formula is C30H58N3Zr. The Bertz CT molecular complexity index is 503. The average Bonchev–Trinajstić information content (AvgIpc) is 3.27. The van der Waals surface area contributed by atoms with E-state index >= 15 is 0 Å². The molecule has 0 aromatic rings. The van der Waals surface area contributed by atoms with Crippen LogP contribution in [0.2, 0.25) is 0 Å². The molecule has 0 N–H and O–H groups in total. The van der Waals surface area contributed by atoms with Gasteiger partial charge in [-0.15, -0.1) is 19.7 Å². The number of rotatable bonds is 12. The van der Waals surface area contributed by atoms with Gasteiger partial charge in [0.15, 0.2) is 0 Å². The van der Waals surface area contributed by atoms with Crippen LogP contribution in [-0.2, 0) is 24.7 Å². The first kappa shape index (κ1) is 38.0. The molecule has 0 atom stereocenters. The second kappa shape index (κ2) is 25.6. The van der Waals surface area contributed by atoms with Gasteiger partial charge in [0, 0.05) is 19.6 Å². The predicted molar refractivity (Wildman–Crippen MR) is 154 cm³/mol. The average molecular weight is 552 g/mol. The number of nitrogens with zero attached hydrogens (tertiary/aromatic N) is 3. The molecule has 1 rings (SSSR count). The number of hydrogen-bond acceptors (Lipinski definition) is 3. The van der Waals surface area contributed by atoms with Crippen LogP contribution in [0.5, 0.6) is 0 Å². The van der Waals surface area contributed by atoms with E-state index in [0.717, 1.165) is 58.9 Å². The van der Waals surface area contributed by atoms with Gasteiger partial charge in [-0.05, 0) is 39.3 Å². The molecule has 1 aliphatic carbocycles. The van der Waals surface area contributed by atoms with Gasteiger partial charge < -0.3 is 14.7 Å². The Kier molecular flexibility index (Phi) is 28.6. The molecule has 0 heterocycles. The number of likely N-dealkylation sites (N-methyl/N-ethyl adjacent to an activating group) is 3. The van der Waals surface area contributed by atoms with Gasteiger partial charge in [-0.3, -0.25) is 0 Å². The zero-order valence-corrected chi connectivity index (χ0v) is 26.9. The molecule has 0 aromatic heterocycles. The van der Waals surface area contributed by atoms with E-state index in [4.69, 9.17) is 0 Å². The SMILES string of the molecule is C=CCN(CC)CC.C=CCN(CC)CC.C=CCN(CC)CC.CC(C)(C)C1=[C]([Zr])CC=C1. The first-order valence-corrected chi connectivity index (χ1v) is 14.4. The van der Waals surface area contributed by atoms with Gasteiger partial charge in [0.2, 0.25) is 0 Å². The van der Waals surface area contributed by atoms with Crippen molar-refractivity contribution in [3.8, 4) is 0 Å². The standard InChI is InChI=1S/C9H13.3C7H15N.Zr/c1-9(2,3)8-6-4-5-7-8;3*1-4-7-8(5-2)6-3;/h4,6H,5H2,1-3H3;3*4H,1,5-7H2,2-3H3;. The predicted octanol–water partition coefficient (Wildman–Crippen LogP) is 7.34. The molecule has 197 valence electrons. The van der Waals surface area contributed by atoms with Gasteiger partial charge in [0.05, 0.1) is 0 Å². The Morgan fingerprint density at radius 1 is 0.706 bits per heavy atom. The van der Waals surface area contributed by atoms with Crippen molar-refractivity contribution in [1.29, 1.82) is 0 Å². The summed E-state index contributed by atoms with van der Waals surface area (Å²) in [7, 11) is 0. The number of allylic oxidation sites excluding steroid dienone is 4. The molecule has 0 spiro atoms.